The lowest BCUT2D eigenvalue weighted by Gasteiger charge is -2.08. The quantitative estimate of drug-likeness (QED) is 0.622. The second-order valence-corrected chi connectivity index (χ2v) is 3.45. The van der Waals surface area contributed by atoms with Crippen LogP contribution in [0.4, 0.5) is 5.82 Å². The molecule has 0 aliphatic heterocycles. The van der Waals surface area contributed by atoms with Gasteiger partial charge in [-0.1, -0.05) is 0 Å². The van der Waals surface area contributed by atoms with Crippen LogP contribution in [-0.4, -0.2) is 51.7 Å². The van der Waals surface area contributed by atoms with Crippen LogP contribution in [0.25, 0.3) is 0 Å². The molecule has 0 saturated heterocycles. The van der Waals surface area contributed by atoms with E-state index in [0.717, 1.165) is 0 Å². The lowest BCUT2D eigenvalue weighted by molar-refractivity contribution is 0.0180. The Morgan fingerprint density at radius 3 is 2.39 bits per heavy atom. The van der Waals surface area contributed by atoms with Crippen molar-refractivity contribution in [1.29, 1.82) is 0 Å². The lowest BCUT2D eigenvalue weighted by Crippen LogP contribution is -2.12. The highest BCUT2D eigenvalue weighted by Gasteiger charge is 1.99. The van der Waals surface area contributed by atoms with E-state index in [1.165, 1.54) is 0 Å². The van der Waals surface area contributed by atoms with Gasteiger partial charge < -0.3 is 24.7 Å². The maximum Gasteiger partial charge on any atom is 0.166 e. The van der Waals surface area contributed by atoms with E-state index in [9.17, 15) is 0 Å². The van der Waals surface area contributed by atoms with Crippen molar-refractivity contribution in [3.63, 3.8) is 0 Å². The third kappa shape index (κ3) is 6.39. The molecule has 0 amide bonds. The summed E-state index contributed by atoms with van der Waals surface area (Å²) < 4.78 is 20.8. The highest BCUT2D eigenvalue weighted by molar-refractivity contribution is 5.44. The molecule has 0 spiro atoms. The van der Waals surface area contributed by atoms with Crippen molar-refractivity contribution in [3.05, 3.63) is 18.3 Å². The van der Waals surface area contributed by atoms with E-state index in [1.54, 1.807) is 25.4 Å². The molecule has 1 rings (SSSR count). The number of nitrogen functional groups attached to an aromatic ring is 1. The Hall–Kier alpha value is -1.37. The van der Waals surface area contributed by atoms with Gasteiger partial charge in [0.1, 0.15) is 6.61 Å². The standard InChI is InChI=1S/C12H20N2O4/c1-15-5-6-16-7-8-17-9-10-18-11-3-2-4-14-12(11)13/h2-4H,5-10H2,1H3,(H2,13,14). The van der Waals surface area contributed by atoms with E-state index >= 15 is 0 Å². The number of ether oxygens (including phenoxy) is 4. The van der Waals surface area contributed by atoms with Gasteiger partial charge in [0.25, 0.3) is 0 Å². The molecule has 0 aromatic carbocycles. The van der Waals surface area contributed by atoms with E-state index in [4.69, 9.17) is 24.7 Å². The summed E-state index contributed by atoms with van der Waals surface area (Å²) in [6, 6.07) is 3.55. The summed E-state index contributed by atoms with van der Waals surface area (Å²) in [6.07, 6.45) is 1.62. The van der Waals surface area contributed by atoms with Crippen LogP contribution in [0, 0.1) is 0 Å². The van der Waals surface area contributed by atoms with Gasteiger partial charge in [-0.05, 0) is 12.1 Å². The first-order valence-electron chi connectivity index (χ1n) is 5.82. The summed E-state index contributed by atoms with van der Waals surface area (Å²) in [4.78, 5) is 3.92. The Morgan fingerprint density at radius 1 is 1.06 bits per heavy atom. The van der Waals surface area contributed by atoms with Crippen LogP contribution in [0.5, 0.6) is 5.75 Å². The molecule has 1 aromatic heterocycles. The van der Waals surface area contributed by atoms with E-state index in [-0.39, 0.29) is 0 Å². The van der Waals surface area contributed by atoms with Crippen molar-refractivity contribution in [3.8, 4) is 5.75 Å². The minimum absolute atomic E-state index is 0.389. The normalized spacial score (nSPS) is 10.5. The van der Waals surface area contributed by atoms with Crippen LogP contribution >= 0.6 is 0 Å². The SMILES string of the molecule is COCCOCCOCCOc1cccnc1N. The molecule has 102 valence electrons. The zero-order valence-corrected chi connectivity index (χ0v) is 10.6. The van der Waals surface area contributed by atoms with Crippen LogP contribution in [0.3, 0.4) is 0 Å². The molecule has 2 N–H and O–H groups in total. The van der Waals surface area contributed by atoms with Crippen LogP contribution in [0.15, 0.2) is 18.3 Å². The monoisotopic (exact) mass is 256 g/mol. The summed E-state index contributed by atoms with van der Waals surface area (Å²) in [7, 11) is 1.64. The first kappa shape index (κ1) is 14.7. The van der Waals surface area contributed by atoms with Crippen LogP contribution in [0.1, 0.15) is 0 Å². The summed E-state index contributed by atoms with van der Waals surface area (Å²) in [5, 5.41) is 0. The van der Waals surface area contributed by atoms with Crippen molar-refractivity contribution < 1.29 is 18.9 Å². The smallest absolute Gasteiger partial charge is 0.166 e. The van der Waals surface area contributed by atoms with E-state index in [2.05, 4.69) is 4.98 Å². The van der Waals surface area contributed by atoms with Gasteiger partial charge in [-0.2, -0.15) is 0 Å². The molecular weight excluding hydrogens is 236 g/mol. The summed E-state index contributed by atoms with van der Waals surface area (Å²) >= 11 is 0. The molecule has 0 aliphatic carbocycles. The Labute approximate surface area is 107 Å². The molecule has 0 radical (unpaired) electrons. The zero-order chi connectivity index (χ0) is 13.1. The third-order valence-electron chi connectivity index (χ3n) is 2.09. The van der Waals surface area contributed by atoms with Gasteiger partial charge in [-0.25, -0.2) is 4.98 Å². The number of methoxy groups -OCH3 is 1. The number of rotatable bonds is 10. The number of anilines is 1. The fourth-order valence-electron chi connectivity index (χ4n) is 1.20. The summed E-state index contributed by atoms with van der Waals surface area (Å²) in [5.74, 6) is 0.970. The molecule has 6 nitrogen and oxygen atoms in total. The minimum atomic E-state index is 0.389. The van der Waals surface area contributed by atoms with Crippen LogP contribution in [-0.2, 0) is 14.2 Å². The number of nitrogens with two attached hydrogens (primary N) is 1. The van der Waals surface area contributed by atoms with Crippen molar-refractivity contribution in [1.82, 2.24) is 4.98 Å². The molecule has 0 unspecified atom stereocenters. The summed E-state index contributed by atoms with van der Waals surface area (Å²) in [6.45, 7) is 3.20. The number of nitrogens with zero attached hydrogens (tertiary/aromatic N) is 1. The number of hydrogen-bond acceptors (Lipinski definition) is 6. The summed E-state index contributed by atoms with van der Waals surface area (Å²) in [5.41, 5.74) is 5.62. The van der Waals surface area contributed by atoms with Crippen LogP contribution in [0.2, 0.25) is 0 Å². The third-order valence-corrected chi connectivity index (χ3v) is 2.09. The van der Waals surface area contributed by atoms with Crippen LogP contribution < -0.4 is 10.5 Å². The van der Waals surface area contributed by atoms with Gasteiger partial charge in [0.15, 0.2) is 11.6 Å². The molecule has 0 bridgehead atoms. The lowest BCUT2D eigenvalue weighted by atomic mass is 10.4. The number of hydrogen-bond donors (Lipinski definition) is 1. The Morgan fingerprint density at radius 2 is 1.72 bits per heavy atom. The first-order valence-corrected chi connectivity index (χ1v) is 5.82. The molecule has 0 aliphatic rings. The Balaban J connectivity index is 1.94. The van der Waals surface area contributed by atoms with Gasteiger partial charge in [-0.15, -0.1) is 0 Å². The topological polar surface area (TPSA) is 75.8 Å². The predicted octanol–water partition coefficient (Wildman–Crippen LogP) is 0.722. The van der Waals surface area contributed by atoms with Crippen molar-refractivity contribution in [2.45, 2.75) is 0 Å². The maximum atomic E-state index is 5.62. The molecule has 6 heteroatoms. The molecule has 0 saturated carbocycles. The predicted molar refractivity (Wildman–Crippen MR) is 67.7 cm³/mol. The van der Waals surface area contributed by atoms with E-state index in [1.807, 2.05) is 0 Å². The maximum absolute atomic E-state index is 5.62. The highest BCUT2D eigenvalue weighted by Crippen LogP contribution is 2.16. The van der Waals surface area contributed by atoms with Crippen molar-refractivity contribution >= 4 is 5.82 Å². The first-order chi connectivity index (χ1) is 8.84. The molecule has 1 heterocycles. The van der Waals surface area contributed by atoms with Gasteiger partial charge in [0.2, 0.25) is 0 Å². The largest absolute Gasteiger partial charge is 0.487 e. The zero-order valence-electron chi connectivity index (χ0n) is 10.6. The van der Waals surface area contributed by atoms with Crippen molar-refractivity contribution in [2.75, 3.05) is 52.5 Å². The number of aromatic nitrogens is 1. The molecular formula is C12H20N2O4. The Bertz CT molecular complexity index is 323. The molecule has 0 atom stereocenters. The molecule has 1 aromatic rings. The Kier molecular flexibility index (Phi) is 7.87. The van der Waals surface area contributed by atoms with Crippen molar-refractivity contribution in [2.24, 2.45) is 0 Å². The highest BCUT2D eigenvalue weighted by atomic mass is 16.6. The van der Waals surface area contributed by atoms with E-state index in [0.29, 0.717) is 51.2 Å². The average Bonchev–Trinajstić information content (AvgIpc) is 2.39. The molecule has 0 fully saturated rings. The fraction of sp³-hybridized carbons (Fsp3) is 0.583. The average molecular weight is 256 g/mol. The van der Waals surface area contributed by atoms with Gasteiger partial charge in [0.05, 0.1) is 33.0 Å². The second kappa shape index (κ2) is 9.64. The van der Waals surface area contributed by atoms with E-state index < -0.39 is 0 Å². The second-order valence-electron chi connectivity index (χ2n) is 3.45. The fourth-order valence-corrected chi connectivity index (χ4v) is 1.20. The van der Waals surface area contributed by atoms with Gasteiger partial charge >= 0.3 is 0 Å². The number of pyridine rings is 1. The minimum Gasteiger partial charge on any atom is -0.487 e. The van der Waals surface area contributed by atoms with Gasteiger partial charge in [-0.3, -0.25) is 0 Å². The molecule has 18 heavy (non-hydrogen) atoms. The van der Waals surface area contributed by atoms with Gasteiger partial charge in [0, 0.05) is 13.3 Å².